The SMILES string of the molecule is CCCPC1CC2CCC1(C)C2(C)C. The Labute approximate surface area is 91.0 Å². The van der Waals surface area contributed by atoms with E-state index in [-0.39, 0.29) is 0 Å². The molecule has 4 unspecified atom stereocenters. The van der Waals surface area contributed by atoms with Crippen LogP contribution in [0.15, 0.2) is 0 Å². The van der Waals surface area contributed by atoms with Gasteiger partial charge >= 0.3 is 0 Å². The van der Waals surface area contributed by atoms with Crippen LogP contribution >= 0.6 is 8.58 Å². The minimum Gasteiger partial charge on any atom is -0.118 e. The van der Waals surface area contributed by atoms with Gasteiger partial charge in [0.1, 0.15) is 0 Å². The van der Waals surface area contributed by atoms with Crippen molar-refractivity contribution in [2.24, 2.45) is 16.7 Å². The molecule has 0 aromatic rings. The molecule has 0 aromatic heterocycles. The van der Waals surface area contributed by atoms with Gasteiger partial charge in [-0.15, -0.1) is 8.58 Å². The summed E-state index contributed by atoms with van der Waals surface area (Å²) in [5.74, 6) is 1.04. The van der Waals surface area contributed by atoms with Crippen LogP contribution in [0.5, 0.6) is 0 Å². The van der Waals surface area contributed by atoms with Crippen molar-refractivity contribution in [1.82, 2.24) is 0 Å². The second-order valence-corrected chi connectivity index (χ2v) is 7.72. The number of hydrogen-bond donors (Lipinski definition) is 0. The summed E-state index contributed by atoms with van der Waals surface area (Å²) in [4.78, 5) is 0. The first-order valence-corrected chi connectivity index (χ1v) is 7.54. The average Bonchev–Trinajstić information content (AvgIpc) is 2.46. The van der Waals surface area contributed by atoms with Gasteiger partial charge in [-0.25, -0.2) is 0 Å². The first kappa shape index (κ1) is 10.9. The molecule has 0 aliphatic heterocycles. The van der Waals surface area contributed by atoms with Crippen molar-refractivity contribution in [3.05, 3.63) is 0 Å². The normalized spacial score (nSPS) is 45.4. The van der Waals surface area contributed by atoms with Crippen molar-refractivity contribution in [2.45, 2.75) is 59.0 Å². The van der Waals surface area contributed by atoms with Crippen LogP contribution in [-0.4, -0.2) is 11.8 Å². The summed E-state index contributed by atoms with van der Waals surface area (Å²) >= 11 is 0. The minimum atomic E-state index is 0.637. The largest absolute Gasteiger partial charge is 0.118 e. The third-order valence-corrected chi connectivity index (χ3v) is 7.59. The van der Waals surface area contributed by atoms with Crippen LogP contribution in [0.1, 0.15) is 53.4 Å². The lowest BCUT2D eigenvalue weighted by Gasteiger charge is -2.39. The summed E-state index contributed by atoms with van der Waals surface area (Å²) in [6, 6.07) is 0. The van der Waals surface area contributed by atoms with E-state index in [1.54, 1.807) is 6.42 Å². The molecular formula is C13H25P. The van der Waals surface area contributed by atoms with Crippen LogP contribution in [0.2, 0.25) is 0 Å². The quantitative estimate of drug-likeness (QED) is 0.612. The van der Waals surface area contributed by atoms with E-state index in [1.165, 1.54) is 34.0 Å². The molecule has 2 fully saturated rings. The Hall–Kier alpha value is 0.430. The van der Waals surface area contributed by atoms with Crippen molar-refractivity contribution >= 4 is 8.58 Å². The second kappa shape index (κ2) is 3.48. The Morgan fingerprint density at radius 2 is 2.00 bits per heavy atom. The lowest BCUT2D eigenvalue weighted by molar-refractivity contribution is 0.156. The highest BCUT2D eigenvalue weighted by Gasteiger charge is 2.60. The van der Waals surface area contributed by atoms with Gasteiger partial charge in [-0.1, -0.05) is 34.1 Å². The Balaban J connectivity index is 2.11. The maximum Gasteiger partial charge on any atom is -0.0175 e. The van der Waals surface area contributed by atoms with Crippen LogP contribution in [0, 0.1) is 16.7 Å². The fourth-order valence-corrected chi connectivity index (χ4v) is 5.89. The Morgan fingerprint density at radius 3 is 2.43 bits per heavy atom. The molecule has 2 bridgehead atoms. The number of fused-ring (bicyclic) bond motifs is 2. The zero-order valence-corrected chi connectivity index (χ0v) is 11.2. The molecular weight excluding hydrogens is 187 g/mol. The first-order chi connectivity index (χ1) is 6.52. The van der Waals surface area contributed by atoms with Crippen LogP contribution in [-0.2, 0) is 0 Å². The van der Waals surface area contributed by atoms with E-state index in [0.717, 1.165) is 11.6 Å². The van der Waals surface area contributed by atoms with Gasteiger partial charge in [-0.3, -0.25) is 0 Å². The van der Waals surface area contributed by atoms with E-state index >= 15 is 0 Å². The molecule has 0 aromatic carbocycles. The summed E-state index contributed by atoms with van der Waals surface area (Å²) in [6.07, 6.45) is 7.42. The lowest BCUT2D eigenvalue weighted by Crippen LogP contribution is -2.33. The molecule has 0 radical (unpaired) electrons. The molecule has 0 nitrogen and oxygen atoms in total. The van der Waals surface area contributed by atoms with E-state index in [2.05, 4.69) is 27.7 Å². The van der Waals surface area contributed by atoms with Crippen LogP contribution in [0.3, 0.4) is 0 Å². The van der Waals surface area contributed by atoms with Gasteiger partial charge in [0.25, 0.3) is 0 Å². The highest BCUT2D eigenvalue weighted by Crippen LogP contribution is 2.69. The molecule has 0 N–H and O–H groups in total. The molecule has 14 heavy (non-hydrogen) atoms. The van der Waals surface area contributed by atoms with Crippen molar-refractivity contribution < 1.29 is 0 Å². The molecule has 2 saturated carbocycles. The molecule has 2 aliphatic rings. The predicted octanol–water partition coefficient (Wildman–Crippen LogP) is 4.29. The van der Waals surface area contributed by atoms with Crippen molar-refractivity contribution in [3.8, 4) is 0 Å². The van der Waals surface area contributed by atoms with Crippen LogP contribution < -0.4 is 0 Å². The molecule has 0 spiro atoms. The highest BCUT2D eigenvalue weighted by molar-refractivity contribution is 7.39. The summed E-state index contributed by atoms with van der Waals surface area (Å²) in [5, 5.41) is 0. The molecule has 2 aliphatic carbocycles. The lowest BCUT2D eigenvalue weighted by atomic mass is 9.71. The Morgan fingerprint density at radius 1 is 1.29 bits per heavy atom. The van der Waals surface area contributed by atoms with E-state index in [9.17, 15) is 0 Å². The van der Waals surface area contributed by atoms with E-state index in [1.807, 2.05) is 0 Å². The molecule has 82 valence electrons. The van der Waals surface area contributed by atoms with E-state index < -0.39 is 0 Å². The summed E-state index contributed by atoms with van der Waals surface area (Å²) < 4.78 is 0. The number of hydrogen-bond acceptors (Lipinski definition) is 0. The second-order valence-electron chi connectivity index (χ2n) is 6.12. The van der Waals surface area contributed by atoms with Crippen molar-refractivity contribution in [2.75, 3.05) is 6.16 Å². The Bertz CT molecular complexity index is 221. The van der Waals surface area contributed by atoms with Gasteiger partial charge in [0.15, 0.2) is 0 Å². The molecule has 0 amide bonds. The molecule has 0 saturated heterocycles. The van der Waals surface area contributed by atoms with Gasteiger partial charge in [0.2, 0.25) is 0 Å². The monoisotopic (exact) mass is 212 g/mol. The highest BCUT2D eigenvalue weighted by atomic mass is 31.1. The van der Waals surface area contributed by atoms with Gasteiger partial charge < -0.3 is 0 Å². The number of rotatable bonds is 3. The summed E-state index contributed by atoms with van der Waals surface area (Å²) in [7, 11) is 1.24. The summed E-state index contributed by atoms with van der Waals surface area (Å²) in [5.41, 5.74) is 2.39. The topological polar surface area (TPSA) is 0 Å². The van der Waals surface area contributed by atoms with Crippen molar-refractivity contribution in [3.63, 3.8) is 0 Å². The summed E-state index contributed by atoms with van der Waals surface area (Å²) in [6.45, 7) is 9.96. The van der Waals surface area contributed by atoms with Gasteiger partial charge in [-0.2, -0.15) is 0 Å². The molecule has 0 heterocycles. The first-order valence-electron chi connectivity index (χ1n) is 6.25. The predicted molar refractivity (Wildman–Crippen MR) is 66.5 cm³/mol. The van der Waals surface area contributed by atoms with E-state index in [4.69, 9.17) is 0 Å². The Kier molecular flexibility index (Phi) is 2.71. The van der Waals surface area contributed by atoms with Gasteiger partial charge in [0, 0.05) is 0 Å². The standard InChI is InChI=1S/C13H25P/c1-5-8-14-11-9-10-6-7-13(11,4)12(10,2)3/h10-11,14H,5-9H2,1-4H3. The molecule has 4 atom stereocenters. The van der Waals surface area contributed by atoms with Crippen LogP contribution in [0.4, 0.5) is 0 Å². The fourth-order valence-electron chi connectivity index (χ4n) is 3.83. The van der Waals surface area contributed by atoms with E-state index in [0.29, 0.717) is 10.8 Å². The van der Waals surface area contributed by atoms with Gasteiger partial charge in [-0.05, 0) is 47.8 Å². The zero-order chi connectivity index (χ0) is 10.4. The third kappa shape index (κ3) is 1.29. The van der Waals surface area contributed by atoms with Gasteiger partial charge in [0.05, 0.1) is 0 Å². The zero-order valence-electron chi connectivity index (χ0n) is 10.2. The minimum absolute atomic E-state index is 0.637. The smallest absolute Gasteiger partial charge is 0.0175 e. The maximum absolute atomic E-state index is 2.58. The third-order valence-electron chi connectivity index (χ3n) is 5.43. The van der Waals surface area contributed by atoms with Crippen molar-refractivity contribution in [1.29, 1.82) is 0 Å². The maximum atomic E-state index is 2.58. The average molecular weight is 212 g/mol. The molecule has 1 heteroatoms. The van der Waals surface area contributed by atoms with Crippen LogP contribution in [0.25, 0.3) is 0 Å². The molecule has 2 rings (SSSR count). The fraction of sp³-hybridized carbons (Fsp3) is 1.00.